The number of carboxylic acids is 1. The van der Waals surface area contributed by atoms with E-state index in [-0.39, 0.29) is 12.3 Å². The highest BCUT2D eigenvalue weighted by atomic mass is 16.4. The van der Waals surface area contributed by atoms with Crippen LogP contribution in [-0.4, -0.2) is 17.0 Å². The molecule has 2 aromatic rings. The van der Waals surface area contributed by atoms with E-state index in [0.29, 0.717) is 6.42 Å². The van der Waals surface area contributed by atoms with Gasteiger partial charge in [-0.2, -0.15) is 0 Å². The maximum Gasteiger partial charge on any atom is 0.305 e. The average Bonchev–Trinajstić information content (AvgIpc) is 2.45. The predicted octanol–water partition coefficient (Wildman–Crippen LogP) is 2.88. The summed E-state index contributed by atoms with van der Waals surface area (Å²) in [6, 6.07) is 13.0. The molecule has 1 amide bonds. The normalized spacial score (nSPS) is 12.1. The van der Waals surface area contributed by atoms with E-state index >= 15 is 0 Å². The molecule has 0 unspecified atom stereocenters. The molecule has 0 bridgehead atoms. The molecular formula is C16H17NO3. The first kappa shape index (κ1) is 14.1. The molecule has 4 heteroatoms. The summed E-state index contributed by atoms with van der Waals surface area (Å²) >= 11 is 0. The Balaban J connectivity index is 2.44. The molecule has 0 heterocycles. The van der Waals surface area contributed by atoms with Crippen molar-refractivity contribution in [2.24, 2.45) is 0 Å². The maximum absolute atomic E-state index is 11.6. The van der Waals surface area contributed by atoms with Crippen LogP contribution >= 0.6 is 0 Å². The number of hydrogen-bond acceptors (Lipinski definition) is 2. The van der Waals surface area contributed by atoms with Gasteiger partial charge in [-0.05, 0) is 16.3 Å². The lowest BCUT2D eigenvalue weighted by Crippen LogP contribution is -2.29. The van der Waals surface area contributed by atoms with Gasteiger partial charge in [-0.15, -0.1) is 0 Å². The van der Waals surface area contributed by atoms with Crippen molar-refractivity contribution in [1.82, 2.24) is 5.32 Å². The second-order valence-electron chi connectivity index (χ2n) is 4.64. The lowest BCUT2D eigenvalue weighted by atomic mass is 9.96. The predicted molar refractivity (Wildman–Crippen MR) is 77.4 cm³/mol. The van der Waals surface area contributed by atoms with Crippen LogP contribution in [-0.2, 0) is 9.59 Å². The van der Waals surface area contributed by atoms with Crippen LogP contribution in [0.15, 0.2) is 42.5 Å². The zero-order valence-electron chi connectivity index (χ0n) is 11.3. The van der Waals surface area contributed by atoms with E-state index in [0.717, 1.165) is 16.3 Å². The molecule has 1 atom stereocenters. The molecule has 4 nitrogen and oxygen atoms in total. The van der Waals surface area contributed by atoms with E-state index in [1.165, 1.54) is 0 Å². The first-order chi connectivity index (χ1) is 9.61. The third-order valence-electron chi connectivity index (χ3n) is 3.23. The van der Waals surface area contributed by atoms with Gasteiger partial charge in [-0.1, -0.05) is 49.4 Å². The van der Waals surface area contributed by atoms with Gasteiger partial charge in [-0.3, -0.25) is 9.59 Å². The number of carbonyl (C=O) groups excluding carboxylic acids is 1. The SMILES string of the molecule is CCC(=O)N[C@H](CC(=O)O)c1cccc2ccccc12. The van der Waals surface area contributed by atoms with Gasteiger partial charge < -0.3 is 10.4 Å². The molecule has 2 aromatic carbocycles. The molecule has 0 radical (unpaired) electrons. The summed E-state index contributed by atoms with van der Waals surface area (Å²) in [7, 11) is 0. The van der Waals surface area contributed by atoms with Crippen molar-refractivity contribution < 1.29 is 14.7 Å². The quantitative estimate of drug-likeness (QED) is 0.878. The minimum atomic E-state index is -0.931. The van der Waals surface area contributed by atoms with Gasteiger partial charge >= 0.3 is 5.97 Å². The van der Waals surface area contributed by atoms with Crippen LogP contribution in [0.5, 0.6) is 0 Å². The first-order valence-corrected chi connectivity index (χ1v) is 6.60. The third-order valence-corrected chi connectivity index (χ3v) is 3.23. The third kappa shape index (κ3) is 3.15. The summed E-state index contributed by atoms with van der Waals surface area (Å²) in [6.45, 7) is 1.75. The molecule has 20 heavy (non-hydrogen) atoms. The molecule has 0 aliphatic heterocycles. The first-order valence-electron chi connectivity index (χ1n) is 6.60. The number of carbonyl (C=O) groups is 2. The number of carboxylic acid groups (broad SMARTS) is 1. The van der Waals surface area contributed by atoms with E-state index in [1.54, 1.807) is 6.92 Å². The van der Waals surface area contributed by atoms with Crippen molar-refractivity contribution >= 4 is 22.6 Å². The van der Waals surface area contributed by atoms with Crippen LogP contribution in [0.1, 0.15) is 31.4 Å². The number of rotatable bonds is 5. The molecule has 0 spiro atoms. The van der Waals surface area contributed by atoms with E-state index in [1.807, 2.05) is 42.5 Å². The summed E-state index contributed by atoms with van der Waals surface area (Å²) < 4.78 is 0. The van der Waals surface area contributed by atoms with Crippen molar-refractivity contribution in [2.45, 2.75) is 25.8 Å². The average molecular weight is 271 g/mol. The Kier molecular flexibility index (Phi) is 4.35. The molecule has 2 N–H and O–H groups in total. The van der Waals surface area contributed by atoms with E-state index in [2.05, 4.69) is 5.32 Å². The fraction of sp³-hybridized carbons (Fsp3) is 0.250. The number of fused-ring (bicyclic) bond motifs is 1. The fourth-order valence-electron chi connectivity index (χ4n) is 2.26. The summed E-state index contributed by atoms with van der Waals surface area (Å²) in [5.41, 5.74) is 0.840. The van der Waals surface area contributed by atoms with Gasteiger partial charge in [0.25, 0.3) is 0 Å². The Hall–Kier alpha value is -2.36. The van der Waals surface area contributed by atoms with Crippen molar-refractivity contribution in [3.8, 4) is 0 Å². The van der Waals surface area contributed by atoms with E-state index in [9.17, 15) is 9.59 Å². The molecule has 2 rings (SSSR count). The van der Waals surface area contributed by atoms with Crippen molar-refractivity contribution in [1.29, 1.82) is 0 Å². The molecule has 0 aromatic heterocycles. The van der Waals surface area contributed by atoms with Gasteiger partial charge in [-0.25, -0.2) is 0 Å². The summed E-state index contributed by atoms with van der Waals surface area (Å²) in [5, 5.41) is 13.8. The van der Waals surface area contributed by atoms with Crippen LogP contribution < -0.4 is 5.32 Å². The largest absolute Gasteiger partial charge is 0.481 e. The number of nitrogens with one attached hydrogen (secondary N) is 1. The highest BCUT2D eigenvalue weighted by Gasteiger charge is 2.19. The minimum Gasteiger partial charge on any atom is -0.481 e. The second-order valence-corrected chi connectivity index (χ2v) is 4.64. The van der Waals surface area contributed by atoms with Gasteiger partial charge in [0, 0.05) is 6.42 Å². The lowest BCUT2D eigenvalue weighted by molar-refractivity contribution is -0.137. The smallest absolute Gasteiger partial charge is 0.305 e. The Morgan fingerprint density at radius 3 is 2.55 bits per heavy atom. The highest BCUT2D eigenvalue weighted by Crippen LogP contribution is 2.26. The Morgan fingerprint density at radius 2 is 1.85 bits per heavy atom. The molecule has 0 fully saturated rings. The zero-order valence-corrected chi connectivity index (χ0v) is 11.3. The van der Waals surface area contributed by atoms with Crippen LogP contribution in [0.25, 0.3) is 10.8 Å². The Bertz CT molecular complexity index is 631. The zero-order chi connectivity index (χ0) is 14.5. The summed E-state index contributed by atoms with van der Waals surface area (Å²) in [5.74, 6) is -1.08. The monoisotopic (exact) mass is 271 g/mol. The Morgan fingerprint density at radius 1 is 1.15 bits per heavy atom. The lowest BCUT2D eigenvalue weighted by Gasteiger charge is -2.19. The van der Waals surface area contributed by atoms with Crippen molar-refractivity contribution in [2.75, 3.05) is 0 Å². The molecular weight excluding hydrogens is 254 g/mol. The second kappa shape index (κ2) is 6.19. The van der Waals surface area contributed by atoms with Crippen LogP contribution in [0.2, 0.25) is 0 Å². The van der Waals surface area contributed by atoms with E-state index in [4.69, 9.17) is 5.11 Å². The van der Waals surface area contributed by atoms with Crippen LogP contribution in [0.4, 0.5) is 0 Å². The summed E-state index contributed by atoms with van der Waals surface area (Å²) in [6.07, 6.45) is 0.209. The molecule has 0 saturated carbocycles. The van der Waals surface area contributed by atoms with Gasteiger partial charge in [0.1, 0.15) is 0 Å². The Labute approximate surface area is 117 Å². The van der Waals surface area contributed by atoms with Gasteiger partial charge in [0.05, 0.1) is 12.5 Å². The molecule has 0 aliphatic rings. The minimum absolute atomic E-state index is 0.125. The molecule has 0 aliphatic carbocycles. The van der Waals surface area contributed by atoms with Crippen molar-refractivity contribution in [3.63, 3.8) is 0 Å². The van der Waals surface area contributed by atoms with Crippen LogP contribution in [0, 0.1) is 0 Å². The molecule has 0 saturated heterocycles. The van der Waals surface area contributed by atoms with Gasteiger partial charge in [0.2, 0.25) is 5.91 Å². The topological polar surface area (TPSA) is 66.4 Å². The highest BCUT2D eigenvalue weighted by molar-refractivity contribution is 5.87. The summed E-state index contributed by atoms with van der Waals surface area (Å²) in [4.78, 5) is 22.6. The molecule has 104 valence electrons. The number of aliphatic carboxylic acids is 1. The fourth-order valence-corrected chi connectivity index (χ4v) is 2.26. The standard InChI is InChI=1S/C16H17NO3/c1-2-15(18)17-14(10-16(19)20)13-9-5-7-11-6-3-4-8-12(11)13/h3-9,14H,2,10H2,1H3,(H,17,18)(H,19,20)/t14-/m1/s1. The van der Waals surface area contributed by atoms with Gasteiger partial charge in [0.15, 0.2) is 0 Å². The van der Waals surface area contributed by atoms with Crippen LogP contribution in [0.3, 0.4) is 0 Å². The maximum atomic E-state index is 11.6. The number of benzene rings is 2. The van der Waals surface area contributed by atoms with Crippen molar-refractivity contribution in [3.05, 3.63) is 48.0 Å². The van der Waals surface area contributed by atoms with E-state index < -0.39 is 12.0 Å². The number of hydrogen-bond donors (Lipinski definition) is 2. The number of amides is 1.